The second-order valence-electron chi connectivity index (χ2n) is 4.28. The van der Waals surface area contributed by atoms with Crippen molar-refractivity contribution in [1.29, 1.82) is 0 Å². The second-order valence-corrected chi connectivity index (χ2v) is 6.58. The SMILES string of the molecule is COC(CNC(=O)N1CCS(=O)(=O)CC1)CC(=O)O. The molecule has 1 aliphatic rings. The third-order valence-electron chi connectivity index (χ3n) is 2.85. The molecule has 1 aliphatic heterocycles. The maximum Gasteiger partial charge on any atom is 0.317 e. The van der Waals surface area contributed by atoms with E-state index in [1.807, 2.05) is 0 Å². The number of rotatable bonds is 5. The number of ether oxygens (including phenoxy) is 1. The molecule has 1 unspecified atom stereocenters. The van der Waals surface area contributed by atoms with Crippen molar-refractivity contribution in [3.05, 3.63) is 0 Å². The van der Waals surface area contributed by atoms with Crippen LogP contribution in [0.25, 0.3) is 0 Å². The molecule has 1 saturated heterocycles. The van der Waals surface area contributed by atoms with Gasteiger partial charge in [-0.05, 0) is 0 Å². The lowest BCUT2D eigenvalue weighted by Gasteiger charge is -2.27. The largest absolute Gasteiger partial charge is 0.481 e. The van der Waals surface area contributed by atoms with Crippen molar-refractivity contribution in [2.45, 2.75) is 12.5 Å². The summed E-state index contributed by atoms with van der Waals surface area (Å²) in [6.45, 7) is 0.389. The number of amides is 2. The number of aliphatic carboxylic acids is 1. The van der Waals surface area contributed by atoms with E-state index < -0.39 is 27.9 Å². The van der Waals surface area contributed by atoms with Gasteiger partial charge < -0.3 is 20.1 Å². The number of nitrogens with zero attached hydrogens (tertiary/aromatic N) is 1. The van der Waals surface area contributed by atoms with Crippen molar-refractivity contribution in [3.63, 3.8) is 0 Å². The van der Waals surface area contributed by atoms with E-state index in [1.165, 1.54) is 12.0 Å². The predicted molar refractivity (Wildman–Crippen MR) is 66.7 cm³/mol. The van der Waals surface area contributed by atoms with Crippen LogP contribution in [0.2, 0.25) is 0 Å². The zero-order chi connectivity index (χ0) is 14.5. The molecule has 19 heavy (non-hydrogen) atoms. The van der Waals surface area contributed by atoms with Gasteiger partial charge in [0.15, 0.2) is 9.84 Å². The summed E-state index contributed by atoms with van der Waals surface area (Å²) in [6, 6.07) is -0.401. The highest BCUT2D eigenvalue weighted by atomic mass is 32.2. The molecule has 0 aromatic heterocycles. The van der Waals surface area contributed by atoms with E-state index >= 15 is 0 Å². The fraction of sp³-hybridized carbons (Fsp3) is 0.800. The van der Waals surface area contributed by atoms with Crippen LogP contribution >= 0.6 is 0 Å². The third kappa shape index (κ3) is 5.43. The zero-order valence-corrected chi connectivity index (χ0v) is 11.5. The van der Waals surface area contributed by atoms with Gasteiger partial charge in [0.2, 0.25) is 0 Å². The molecule has 1 rings (SSSR count). The van der Waals surface area contributed by atoms with Crippen LogP contribution in [0, 0.1) is 0 Å². The lowest BCUT2D eigenvalue weighted by atomic mass is 10.2. The van der Waals surface area contributed by atoms with Crippen molar-refractivity contribution in [2.24, 2.45) is 0 Å². The number of hydrogen-bond donors (Lipinski definition) is 2. The number of carboxylic acid groups (broad SMARTS) is 1. The highest BCUT2D eigenvalue weighted by molar-refractivity contribution is 7.91. The quantitative estimate of drug-likeness (QED) is 0.666. The van der Waals surface area contributed by atoms with Crippen molar-refractivity contribution in [3.8, 4) is 0 Å². The molecule has 0 radical (unpaired) electrons. The van der Waals surface area contributed by atoms with Crippen LogP contribution in [-0.4, -0.2) is 74.8 Å². The Bertz CT molecular complexity index is 421. The molecule has 0 bridgehead atoms. The monoisotopic (exact) mass is 294 g/mol. The van der Waals surface area contributed by atoms with Gasteiger partial charge in [-0.25, -0.2) is 13.2 Å². The number of carbonyl (C=O) groups excluding carboxylic acids is 1. The number of nitrogens with one attached hydrogen (secondary N) is 1. The highest BCUT2D eigenvalue weighted by Gasteiger charge is 2.25. The fourth-order valence-electron chi connectivity index (χ4n) is 1.66. The summed E-state index contributed by atoms with van der Waals surface area (Å²) in [5.74, 6) is -1.09. The molecular formula is C10H18N2O6S. The molecular weight excluding hydrogens is 276 g/mol. The number of sulfone groups is 1. The van der Waals surface area contributed by atoms with Gasteiger partial charge in [0.05, 0.1) is 24.0 Å². The molecule has 110 valence electrons. The van der Waals surface area contributed by atoms with Gasteiger partial charge in [-0.1, -0.05) is 0 Å². The highest BCUT2D eigenvalue weighted by Crippen LogP contribution is 2.04. The summed E-state index contributed by atoms with van der Waals surface area (Å²) < 4.78 is 27.3. The van der Waals surface area contributed by atoms with Gasteiger partial charge in [-0.2, -0.15) is 0 Å². The third-order valence-corrected chi connectivity index (χ3v) is 4.46. The van der Waals surface area contributed by atoms with E-state index in [9.17, 15) is 18.0 Å². The molecule has 1 heterocycles. The summed E-state index contributed by atoms with van der Waals surface area (Å²) in [4.78, 5) is 23.6. The summed E-state index contributed by atoms with van der Waals surface area (Å²) in [6.07, 6.45) is -0.805. The summed E-state index contributed by atoms with van der Waals surface area (Å²) in [5.41, 5.74) is 0. The Hall–Kier alpha value is -1.35. The average molecular weight is 294 g/mol. The molecule has 0 aromatic rings. The van der Waals surface area contributed by atoms with E-state index in [0.717, 1.165) is 0 Å². The summed E-state index contributed by atoms with van der Waals surface area (Å²) in [5, 5.41) is 11.2. The van der Waals surface area contributed by atoms with E-state index in [-0.39, 0.29) is 37.6 Å². The predicted octanol–water partition coefficient (Wildman–Crippen LogP) is -1.08. The first-order valence-corrected chi connectivity index (χ1v) is 7.64. The van der Waals surface area contributed by atoms with Gasteiger partial charge >= 0.3 is 12.0 Å². The lowest BCUT2D eigenvalue weighted by molar-refractivity contribution is -0.139. The van der Waals surface area contributed by atoms with Crippen molar-refractivity contribution in [1.82, 2.24) is 10.2 Å². The second kappa shape index (κ2) is 6.71. The number of methoxy groups -OCH3 is 1. The van der Waals surface area contributed by atoms with Gasteiger partial charge in [-0.15, -0.1) is 0 Å². The van der Waals surface area contributed by atoms with Crippen LogP contribution in [-0.2, 0) is 19.4 Å². The minimum absolute atomic E-state index is 0.0384. The molecule has 1 fully saturated rings. The van der Waals surface area contributed by atoms with Gasteiger partial charge in [-0.3, -0.25) is 4.79 Å². The van der Waals surface area contributed by atoms with Crippen LogP contribution in [0.4, 0.5) is 4.79 Å². The first-order chi connectivity index (χ1) is 8.84. The van der Waals surface area contributed by atoms with E-state index in [1.54, 1.807) is 0 Å². The lowest BCUT2D eigenvalue weighted by Crippen LogP contribution is -2.49. The Balaban J connectivity index is 2.37. The number of hydrogen-bond acceptors (Lipinski definition) is 5. The van der Waals surface area contributed by atoms with Crippen molar-refractivity contribution >= 4 is 21.8 Å². The minimum atomic E-state index is -3.03. The number of urea groups is 1. The van der Waals surface area contributed by atoms with Crippen LogP contribution in [0.3, 0.4) is 0 Å². The Morgan fingerprint density at radius 2 is 1.95 bits per heavy atom. The Morgan fingerprint density at radius 1 is 1.37 bits per heavy atom. The van der Waals surface area contributed by atoms with Crippen LogP contribution in [0.15, 0.2) is 0 Å². The molecule has 8 nitrogen and oxygen atoms in total. The average Bonchev–Trinajstić information content (AvgIpc) is 2.33. The first kappa shape index (κ1) is 15.7. The Kier molecular flexibility index (Phi) is 5.55. The van der Waals surface area contributed by atoms with E-state index in [0.29, 0.717) is 0 Å². The van der Waals surface area contributed by atoms with E-state index in [2.05, 4.69) is 5.32 Å². The number of carboxylic acids is 1. The molecule has 0 saturated carbocycles. The smallest absolute Gasteiger partial charge is 0.317 e. The molecule has 2 amide bonds. The minimum Gasteiger partial charge on any atom is -0.481 e. The first-order valence-electron chi connectivity index (χ1n) is 5.82. The Labute approximate surface area is 111 Å². The van der Waals surface area contributed by atoms with Gasteiger partial charge in [0.1, 0.15) is 0 Å². The fourth-order valence-corrected chi connectivity index (χ4v) is 2.86. The number of carbonyl (C=O) groups is 2. The van der Waals surface area contributed by atoms with Crippen molar-refractivity contribution < 1.29 is 27.9 Å². The zero-order valence-electron chi connectivity index (χ0n) is 10.7. The standard InChI is InChI=1S/C10H18N2O6S/c1-18-8(6-9(13)14)7-11-10(15)12-2-4-19(16,17)5-3-12/h8H,2-7H2,1H3,(H,11,15)(H,13,14). The summed E-state index contributed by atoms with van der Waals surface area (Å²) >= 11 is 0. The topological polar surface area (TPSA) is 113 Å². The van der Waals surface area contributed by atoms with Gasteiger partial charge in [0.25, 0.3) is 0 Å². The maximum atomic E-state index is 11.7. The van der Waals surface area contributed by atoms with Crippen LogP contribution in [0.1, 0.15) is 6.42 Å². The summed E-state index contributed by atoms with van der Waals surface area (Å²) in [7, 11) is -1.66. The molecule has 1 atom stereocenters. The Morgan fingerprint density at radius 3 is 2.42 bits per heavy atom. The maximum absolute atomic E-state index is 11.7. The molecule has 0 aliphatic carbocycles. The molecule has 0 spiro atoms. The van der Waals surface area contributed by atoms with Gasteiger partial charge in [0, 0.05) is 26.7 Å². The normalized spacial score (nSPS) is 19.7. The molecule has 2 N–H and O–H groups in total. The van der Waals surface area contributed by atoms with E-state index in [4.69, 9.17) is 9.84 Å². The van der Waals surface area contributed by atoms with Crippen LogP contribution in [0.5, 0.6) is 0 Å². The molecule has 0 aromatic carbocycles. The van der Waals surface area contributed by atoms with Crippen molar-refractivity contribution in [2.75, 3.05) is 38.2 Å². The molecule has 9 heteroatoms. The van der Waals surface area contributed by atoms with Crippen LogP contribution < -0.4 is 5.32 Å².